The first-order chi connectivity index (χ1) is 14.6. The molecule has 5 nitrogen and oxygen atoms in total. The Balaban J connectivity index is 1.80. The van der Waals surface area contributed by atoms with Crippen LogP contribution in [0.2, 0.25) is 0 Å². The molecule has 0 N–H and O–H groups in total. The normalized spacial score (nSPS) is 14.8. The van der Waals surface area contributed by atoms with Gasteiger partial charge >= 0.3 is 0 Å². The van der Waals surface area contributed by atoms with E-state index < -0.39 is 0 Å². The summed E-state index contributed by atoms with van der Waals surface area (Å²) < 4.78 is 10.5. The Hall–Kier alpha value is -3.86. The number of anilines is 1. The molecule has 1 amide bonds. The second-order valence-electron chi connectivity index (χ2n) is 6.95. The molecule has 0 aromatic heterocycles. The molecule has 150 valence electrons. The van der Waals surface area contributed by atoms with Gasteiger partial charge in [0.2, 0.25) is 0 Å². The number of aliphatic imine (C=N–C) groups is 1. The Morgan fingerprint density at radius 3 is 2.23 bits per heavy atom. The minimum Gasteiger partial charge on any atom is -0.497 e. The second-order valence-corrected chi connectivity index (χ2v) is 6.95. The quantitative estimate of drug-likeness (QED) is 0.578. The number of carbonyl (C=O) groups is 1. The van der Waals surface area contributed by atoms with Crippen LogP contribution in [0.4, 0.5) is 5.69 Å². The van der Waals surface area contributed by atoms with Gasteiger partial charge in [0.15, 0.2) is 0 Å². The zero-order chi connectivity index (χ0) is 21.1. The highest BCUT2D eigenvalue weighted by Gasteiger charge is 2.32. The number of carbonyl (C=O) groups excluding carboxylic acids is 1. The third-order valence-corrected chi connectivity index (χ3v) is 4.90. The van der Waals surface area contributed by atoms with Crippen molar-refractivity contribution >= 4 is 23.5 Å². The van der Waals surface area contributed by atoms with Gasteiger partial charge in [-0.1, -0.05) is 29.8 Å². The van der Waals surface area contributed by atoms with Crippen molar-refractivity contribution in [3.05, 3.63) is 95.2 Å². The van der Waals surface area contributed by atoms with E-state index in [0.717, 1.165) is 33.9 Å². The van der Waals surface area contributed by atoms with Crippen LogP contribution < -0.4 is 14.4 Å². The molecular formula is C25H22N2O3. The van der Waals surface area contributed by atoms with E-state index in [1.807, 2.05) is 79.7 Å². The fourth-order valence-corrected chi connectivity index (χ4v) is 3.27. The van der Waals surface area contributed by atoms with E-state index in [4.69, 9.17) is 14.5 Å². The van der Waals surface area contributed by atoms with Crippen molar-refractivity contribution in [2.24, 2.45) is 4.99 Å². The molecule has 1 aliphatic rings. The van der Waals surface area contributed by atoms with E-state index in [2.05, 4.69) is 0 Å². The molecule has 5 heteroatoms. The minimum atomic E-state index is -0.174. The summed E-state index contributed by atoms with van der Waals surface area (Å²) in [6.07, 6.45) is 1.78. The van der Waals surface area contributed by atoms with Gasteiger partial charge in [-0.2, -0.15) is 0 Å². The average Bonchev–Trinajstić information content (AvgIpc) is 3.10. The topological polar surface area (TPSA) is 51.1 Å². The third-order valence-electron chi connectivity index (χ3n) is 4.90. The van der Waals surface area contributed by atoms with Crippen LogP contribution in [0.5, 0.6) is 11.5 Å². The molecule has 0 spiro atoms. The molecule has 0 bridgehead atoms. The van der Waals surface area contributed by atoms with Crippen LogP contribution in [-0.2, 0) is 4.79 Å². The van der Waals surface area contributed by atoms with Crippen molar-refractivity contribution in [1.29, 1.82) is 0 Å². The second kappa shape index (κ2) is 8.25. The number of rotatable bonds is 5. The molecule has 4 rings (SSSR count). The smallest absolute Gasteiger partial charge is 0.282 e. The number of amides is 1. The van der Waals surface area contributed by atoms with E-state index in [9.17, 15) is 4.79 Å². The Morgan fingerprint density at radius 2 is 1.57 bits per heavy atom. The van der Waals surface area contributed by atoms with Gasteiger partial charge in [0.05, 0.1) is 19.9 Å². The average molecular weight is 398 g/mol. The SMILES string of the molecule is COc1ccc(C2=N/C(=C/c3cccc(OC)c3)C(=O)N2c2ccc(C)cc2)cc1. The van der Waals surface area contributed by atoms with Crippen molar-refractivity contribution in [1.82, 2.24) is 0 Å². The molecule has 0 aliphatic carbocycles. The highest BCUT2D eigenvalue weighted by molar-refractivity contribution is 6.33. The number of amidine groups is 1. The van der Waals surface area contributed by atoms with E-state index in [-0.39, 0.29) is 5.91 Å². The molecule has 0 saturated heterocycles. The van der Waals surface area contributed by atoms with Crippen molar-refractivity contribution in [3.8, 4) is 11.5 Å². The summed E-state index contributed by atoms with van der Waals surface area (Å²) in [6.45, 7) is 2.02. The number of hydrogen-bond acceptors (Lipinski definition) is 4. The van der Waals surface area contributed by atoms with E-state index >= 15 is 0 Å². The molecule has 1 aliphatic heterocycles. The van der Waals surface area contributed by atoms with Crippen LogP contribution in [0.15, 0.2) is 83.5 Å². The summed E-state index contributed by atoms with van der Waals surface area (Å²) in [4.78, 5) is 19.7. The van der Waals surface area contributed by atoms with Crippen molar-refractivity contribution < 1.29 is 14.3 Å². The molecule has 1 heterocycles. The summed E-state index contributed by atoms with van der Waals surface area (Å²) >= 11 is 0. The lowest BCUT2D eigenvalue weighted by molar-refractivity contribution is -0.113. The third kappa shape index (κ3) is 3.82. The number of ether oxygens (including phenoxy) is 2. The predicted octanol–water partition coefficient (Wildman–Crippen LogP) is 4.85. The maximum Gasteiger partial charge on any atom is 0.282 e. The van der Waals surface area contributed by atoms with Gasteiger partial charge in [0.1, 0.15) is 23.0 Å². The van der Waals surface area contributed by atoms with Crippen LogP contribution >= 0.6 is 0 Å². The summed E-state index contributed by atoms with van der Waals surface area (Å²) in [5.41, 5.74) is 3.95. The zero-order valence-electron chi connectivity index (χ0n) is 17.1. The lowest BCUT2D eigenvalue weighted by atomic mass is 10.1. The molecule has 0 unspecified atom stereocenters. The highest BCUT2D eigenvalue weighted by Crippen LogP contribution is 2.29. The van der Waals surface area contributed by atoms with Gasteiger partial charge in [-0.15, -0.1) is 0 Å². The van der Waals surface area contributed by atoms with E-state index in [1.165, 1.54) is 0 Å². The first-order valence-electron chi connectivity index (χ1n) is 9.59. The maximum absolute atomic E-state index is 13.3. The van der Waals surface area contributed by atoms with Gasteiger partial charge in [0, 0.05) is 5.56 Å². The molecule has 0 fully saturated rings. The highest BCUT2D eigenvalue weighted by atomic mass is 16.5. The maximum atomic E-state index is 13.3. The summed E-state index contributed by atoms with van der Waals surface area (Å²) in [7, 11) is 3.24. The largest absolute Gasteiger partial charge is 0.497 e. The molecule has 3 aromatic rings. The lowest BCUT2D eigenvalue weighted by Gasteiger charge is -2.19. The van der Waals surface area contributed by atoms with Crippen LogP contribution in [0, 0.1) is 6.92 Å². The predicted molar refractivity (Wildman–Crippen MR) is 119 cm³/mol. The van der Waals surface area contributed by atoms with Crippen LogP contribution in [-0.4, -0.2) is 26.0 Å². The summed E-state index contributed by atoms with van der Waals surface area (Å²) in [5.74, 6) is 1.88. The fourth-order valence-electron chi connectivity index (χ4n) is 3.27. The number of hydrogen-bond donors (Lipinski definition) is 0. The molecule has 30 heavy (non-hydrogen) atoms. The van der Waals surface area contributed by atoms with Gasteiger partial charge in [-0.3, -0.25) is 9.69 Å². The fraction of sp³-hybridized carbons (Fsp3) is 0.120. The molecular weight excluding hydrogens is 376 g/mol. The van der Waals surface area contributed by atoms with Crippen LogP contribution in [0.25, 0.3) is 6.08 Å². The van der Waals surface area contributed by atoms with Gasteiger partial charge < -0.3 is 9.47 Å². The Kier molecular flexibility index (Phi) is 5.35. The first kappa shape index (κ1) is 19.5. The van der Waals surface area contributed by atoms with Gasteiger partial charge in [-0.05, 0) is 67.1 Å². The Morgan fingerprint density at radius 1 is 0.867 bits per heavy atom. The molecule has 0 saturated carbocycles. The van der Waals surface area contributed by atoms with Crippen LogP contribution in [0.1, 0.15) is 16.7 Å². The zero-order valence-corrected chi connectivity index (χ0v) is 17.1. The number of methoxy groups -OCH3 is 2. The lowest BCUT2D eigenvalue weighted by Crippen LogP contribution is -2.32. The van der Waals surface area contributed by atoms with E-state index in [1.54, 1.807) is 25.2 Å². The standard InChI is InChI=1S/C25H22N2O3/c1-17-7-11-20(12-8-17)27-24(19-9-13-21(29-2)14-10-19)26-23(25(27)28)16-18-5-4-6-22(15-18)30-3/h4-16H,1-3H3/b23-16+. The number of benzene rings is 3. The van der Waals surface area contributed by atoms with Gasteiger partial charge in [-0.25, -0.2) is 4.99 Å². The van der Waals surface area contributed by atoms with Crippen molar-refractivity contribution in [2.45, 2.75) is 6.92 Å². The monoisotopic (exact) mass is 398 g/mol. The van der Waals surface area contributed by atoms with Crippen molar-refractivity contribution in [2.75, 3.05) is 19.1 Å². The summed E-state index contributed by atoms with van der Waals surface area (Å²) in [5, 5.41) is 0. The van der Waals surface area contributed by atoms with Crippen molar-refractivity contribution in [3.63, 3.8) is 0 Å². The van der Waals surface area contributed by atoms with E-state index in [0.29, 0.717) is 11.5 Å². The Bertz CT molecular complexity index is 1130. The number of aryl methyl sites for hydroxylation is 1. The molecule has 0 atom stereocenters. The van der Waals surface area contributed by atoms with Gasteiger partial charge in [0.25, 0.3) is 5.91 Å². The first-order valence-corrected chi connectivity index (χ1v) is 9.59. The summed E-state index contributed by atoms with van der Waals surface area (Å²) in [6, 6.07) is 22.9. The molecule has 3 aromatic carbocycles. The van der Waals surface area contributed by atoms with Crippen LogP contribution in [0.3, 0.4) is 0 Å². The Labute approximate surface area is 175 Å². The molecule has 0 radical (unpaired) electrons. The number of nitrogens with zero attached hydrogens (tertiary/aromatic N) is 2. The minimum absolute atomic E-state index is 0.174.